The number of likely N-dealkylation sites (tertiary alicyclic amines) is 1. The molecule has 0 aromatic heterocycles. The van der Waals surface area contributed by atoms with Crippen LogP contribution < -0.4 is 4.74 Å². The summed E-state index contributed by atoms with van der Waals surface area (Å²) in [6, 6.07) is 10.3. The van der Waals surface area contributed by atoms with E-state index in [9.17, 15) is 5.11 Å². The van der Waals surface area contributed by atoms with Crippen LogP contribution in [0.4, 0.5) is 0 Å². The third-order valence-corrected chi connectivity index (χ3v) is 3.85. The van der Waals surface area contributed by atoms with Crippen molar-refractivity contribution >= 4 is 0 Å². The molecule has 19 heavy (non-hydrogen) atoms. The Morgan fingerprint density at radius 2 is 2.11 bits per heavy atom. The summed E-state index contributed by atoms with van der Waals surface area (Å²) in [6.07, 6.45) is 4.61. The van der Waals surface area contributed by atoms with Crippen LogP contribution in [0.5, 0.6) is 5.75 Å². The highest BCUT2D eigenvalue weighted by molar-refractivity contribution is 5.20. The van der Waals surface area contributed by atoms with Crippen LogP contribution in [0.25, 0.3) is 0 Å². The molecule has 2 unspecified atom stereocenters. The minimum absolute atomic E-state index is 0.372. The number of rotatable bonds is 6. The first-order valence-corrected chi connectivity index (χ1v) is 7.39. The number of hydrogen-bond acceptors (Lipinski definition) is 3. The fourth-order valence-electron chi connectivity index (χ4n) is 2.80. The zero-order valence-electron chi connectivity index (χ0n) is 11.8. The predicted molar refractivity (Wildman–Crippen MR) is 77.4 cm³/mol. The van der Waals surface area contributed by atoms with Crippen molar-refractivity contribution in [3.05, 3.63) is 30.3 Å². The standard InChI is InChI=1S/C16H25NO2/c1-2-14-8-6-7-11-17(14)12-15(18)13-19-16-9-4-3-5-10-16/h3-5,9-10,14-15,18H,2,6-8,11-13H2,1H3. The molecule has 0 radical (unpaired) electrons. The molecular formula is C16H25NO2. The SMILES string of the molecule is CCC1CCCCN1CC(O)COc1ccccc1. The number of nitrogens with zero attached hydrogens (tertiary/aromatic N) is 1. The van der Waals surface area contributed by atoms with Gasteiger partial charge in [0.05, 0.1) is 0 Å². The largest absolute Gasteiger partial charge is 0.491 e. The van der Waals surface area contributed by atoms with Crippen LogP contribution in [0.2, 0.25) is 0 Å². The quantitative estimate of drug-likeness (QED) is 0.856. The first kappa shape index (κ1) is 14.4. The highest BCUT2D eigenvalue weighted by atomic mass is 16.5. The summed E-state index contributed by atoms with van der Waals surface area (Å²) in [7, 11) is 0. The topological polar surface area (TPSA) is 32.7 Å². The summed E-state index contributed by atoms with van der Waals surface area (Å²) in [5.74, 6) is 0.826. The van der Waals surface area contributed by atoms with E-state index in [0.29, 0.717) is 12.6 Å². The van der Waals surface area contributed by atoms with Gasteiger partial charge in [0.25, 0.3) is 0 Å². The smallest absolute Gasteiger partial charge is 0.119 e. The van der Waals surface area contributed by atoms with E-state index in [1.807, 2.05) is 30.3 Å². The summed E-state index contributed by atoms with van der Waals surface area (Å²) in [6.45, 7) is 4.44. The zero-order chi connectivity index (χ0) is 13.5. The van der Waals surface area contributed by atoms with Crippen molar-refractivity contribution < 1.29 is 9.84 Å². The van der Waals surface area contributed by atoms with E-state index in [1.54, 1.807) is 0 Å². The van der Waals surface area contributed by atoms with Crippen molar-refractivity contribution in [2.45, 2.75) is 44.8 Å². The van der Waals surface area contributed by atoms with E-state index in [2.05, 4.69) is 11.8 Å². The van der Waals surface area contributed by atoms with Crippen molar-refractivity contribution in [2.24, 2.45) is 0 Å². The molecule has 1 saturated heterocycles. The Kier molecular flexibility index (Phi) is 5.67. The van der Waals surface area contributed by atoms with Crippen molar-refractivity contribution in [1.82, 2.24) is 4.90 Å². The fourth-order valence-corrected chi connectivity index (χ4v) is 2.80. The van der Waals surface area contributed by atoms with Gasteiger partial charge in [0.1, 0.15) is 18.5 Å². The van der Waals surface area contributed by atoms with Gasteiger partial charge in [0, 0.05) is 12.6 Å². The minimum Gasteiger partial charge on any atom is -0.491 e. The van der Waals surface area contributed by atoms with Crippen LogP contribution in [0.3, 0.4) is 0 Å². The molecule has 1 aromatic rings. The number of β-amino-alcohol motifs (C(OH)–C–C–N with tert-alkyl or cyclic N) is 1. The van der Waals surface area contributed by atoms with Crippen molar-refractivity contribution in [1.29, 1.82) is 0 Å². The molecule has 1 heterocycles. The molecule has 1 aliphatic rings. The Hall–Kier alpha value is -1.06. The molecule has 1 N–H and O–H groups in total. The van der Waals surface area contributed by atoms with Gasteiger partial charge in [-0.15, -0.1) is 0 Å². The molecule has 0 aliphatic carbocycles. The molecule has 1 fully saturated rings. The molecule has 0 bridgehead atoms. The number of hydrogen-bond donors (Lipinski definition) is 1. The molecule has 0 spiro atoms. The minimum atomic E-state index is -0.410. The second-order valence-corrected chi connectivity index (χ2v) is 5.33. The lowest BCUT2D eigenvalue weighted by Gasteiger charge is -2.36. The van der Waals surface area contributed by atoms with Gasteiger partial charge in [0.2, 0.25) is 0 Å². The number of aliphatic hydroxyl groups is 1. The Bertz CT molecular complexity index is 355. The lowest BCUT2D eigenvalue weighted by molar-refractivity contribution is 0.0387. The Balaban J connectivity index is 1.75. The van der Waals surface area contributed by atoms with Gasteiger partial charge in [0.15, 0.2) is 0 Å². The van der Waals surface area contributed by atoms with Crippen LogP contribution >= 0.6 is 0 Å². The number of aliphatic hydroxyl groups excluding tert-OH is 1. The van der Waals surface area contributed by atoms with E-state index < -0.39 is 6.10 Å². The molecule has 2 atom stereocenters. The molecule has 3 nitrogen and oxygen atoms in total. The Labute approximate surface area is 116 Å². The normalized spacial score (nSPS) is 22.1. The highest BCUT2D eigenvalue weighted by Crippen LogP contribution is 2.19. The van der Waals surface area contributed by atoms with Gasteiger partial charge < -0.3 is 9.84 Å². The van der Waals surface area contributed by atoms with Crippen LogP contribution in [-0.2, 0) is 0 Å². The third-order valence-electron chi connectivity index (χ3n) is 3.85. The third kappa shape index (κ3) is 4.51. The maximum Gasteiger partial charge on any atom is 0.119 e. The lowest BCUT2D eigenvalue weighted by atomic mass is 10.00. The first-order chi connectivity index (χ1) is 9.29. The number of piperidine rings is 1. The van der Waals surface area contributed by atoms with E-state index in [1.165, 1.54) is 25.7 Å². The molecule has 3 heteroatoms. The molecule has 1 aromatic carbocycles. The zero-order valence-corrected chi connectivity index (χ0v) is 11.8. The molecule has 0 saturated carbocycles. The number of benzene rings is 1. The van der Waals surface area contributed by atoms with Crippen LogP contribution in [0.1, 0.15) is 32.6 Å². The molecule has 0 amide bonds. The van der Waals surface area contributed by atoms with Gasteiger partial charge >= 0.3 is 0 Å². The average Bonchev–Trinajstić information content (AvgIpc) is 2.47. The second kappa shape index (κ2) is 7.51. The molecule has 1 aliphatic heterocycles. The van der Waals surface area contributed by atoms with E-state index in [0.717, 1.165) is 18.8 Å². The molecule has 2 rings (SSSR count). The molecule has 106 valence electrons. The second-order valence-electron chi connectivity index (χ2n) is 5.33. The summed E-state index contributed by atoms with van der Waals surface area (Å²) in [4.78, 5) is 2.42. The Morgan fingerprint density at radius 3 is 2.84 bits per heavy atom. The maximum atomic E-state index is 10.1. The number of para-hydroxylation sites is 1. The van der Waals surface area contributed by atoms with Crippen molar-refractivity contribution in [2.75, 3.05) is 19.7 Å². The van der Waals surface area contributed by atoms with E-state index in [-0.39, 0.29) is 0 Å². The summed E-state index contributed by atoms with van der Waals surface area (Å²) in [5, 5.41) is 10.1. The monoisotopic (exact) mass is 263 g/mol. The van der Waals surface area contributed by atoms with Crippen LogP contribution in [0, 0.1) is 0 Å². The van der Waals surface area contributed by atoms with Gasteiger partial charge in [-0.3, -0.25) is 4.90 Å². The van der Waals surface area contributed by atoms with E-state index in [4.69, 9.17) is 4.74 Å². The maximum absolute atomic E-state index is 10.1. The van der Waals surface area contributed by atoms with Crippen LogP contribution in [-0.4, -0.2) is 41.8 Å². The fraction of sp³-hybridized carbons (Fsp3) is 0.625. The van der Waals surface area contributed by atoms with E-state index >= 15 is 0 Å². The Morgan fingerprint density at radius 1 is 1.32 bits per heavy atom. The summed E-state index contributed by atoms with van der Waals surface area (Å²) < 4.78 is 5.60. The average molecular weight is 263 g/mol. The summed E-state index contributed by atoms with van der Waals surface area (Å²) >= 11 is 0. The van der Waals surface area contributed by atoms with Gasteiger partial charge in [-0.1, -0.05) is 31.5 Å². The highest BCUT2D eigenvalue weighted by Gasteiger charge is 2.22. The summed E-state index contributed by atoms with van der Waals surface area (Å²) in [5.41, 5.74) is 0. The van der Waals surface area contributed by atoms with Gasteiger partial charge in [-0.05, 0) is 37.9 Å². The van der Waals surface area contributed by atoms with Crippen LogP contribution in [0.15, 0.2) is 30.3 Å². The van der Waals surface area contributed by atoms with Gasteiger partial charge in [-0.2, -0.15) is 0 Å². The molecular weight excluding hydrogens is 238 g/mol. The number of ether oxygens (including phenoxy) is 1. The van der Waals surface area contributed by atoms with Gasteiger partial charge in [-0.25, -0.2) is 0 Å². The first-order valence-electron chi connectivity index (χ1n) is 7.39. The predicted octanol–water partition coefficient (Wildman–Crippen LogP) is 2.69. The van der Waals surface area contributed by atoms with Crippen molar-refractivity contribution in [3.63, 3.8) is 0 Å². The lowest BCUT2D eigenvalue weighted by Crippen LogP contribution is -2.44. The van der Waals surface area contributed by atoms with Crippen molar-refractivity contribution in [3.8, 4) is 5.75 Å².